The van der Waals surface area contributed by atoms with E-state index in [0.717, 1.165) is 24.1 Å². The lowest BCUT2D eigenvalue weighted by molar-refractivity contribution is -0.138. The molecule has 0 radical (unpaired) electrons. The van der Waals surface area contributed by atoms with Gasteiger partial charge in [0.15, 0.2) is 0 Å². The molecule has 1 N–H and O–H groups in total. The van der Waals surface area contributed by atoms with Gasteiger partial charge in [0.05, 0.1) is 0 Å². The van der Waals surface area contributed by atoms with E-state index in [9.17, 15) is 9.59 Å². The van der Waals surface area contributed by atoms with Gasteiger partial charge in [-0.1, -0.05) is 25.3 Å². The molecule has 0 bridgehead atoms. The van der Waals surface area contributed by atoms with E-state index in [0.29, 0.717) is 25.6 Å². The standard InChI is InChI=1S/C20H30N4O2/c1-15-7-6-10-21-18(15)13-16(2)22-20(26)23-11-12-24(19(25)14-23)17-8-4-3-5-9-17/h6-7,10,16-17H,3-5,8-9,11-14H2,1-2H3,(H,22,26)/t16-/m0/s1. The Hall–Kier alpha value is -2.11. The average Bonchev–Trinajstić information content (AvgIpc) is 2.64. The zero-order chi connectivity index (χ0) is 18.5. The molecule has 3 rings (SSSR count). The summed E-state index contributed by atoms with van der Waals surface area (Å²) in [5.41, 5.74) is 2.13. The summed E-state index contributed by atoms with van der Waals surface area (Å²) in [7, 11) is 0. The van der Waals surface area contributed by atoms with Gasteiger partial charge in [-0.3, -0.25) is 9.78 Å². The Kier molecular flexibility index (Phi) is 6.12. The normalized spacial score (nSPS) is 20.2. The average molecular weight is 358 g/mol. The summed E-state index contributed by atoms with van der Waals surface area (Å²) in [5.74, 6) is 0.0894. The summed E-state index contributed by atoms with van der Waals surface area (Å²) in [5, 5.41) is 3.02. The number of amides is 3. The second kappa shape index (κ2) is 8.52. The molecule has 6 nitrogen and oxygen atoms in total. The number of carbonyl (C=O) groups excluding carboxylic acids is 2. The van der Waals surface area contributed by atoms with Crippen molar-refractivity contribution in [1.82, 2.24) is 20.1 Å². The molecule has 6 heteroatoms. The first kappa shape index (κ1) is 18.7. The van der Waals surface area contributed by atoms with Crippen LogP contribution in [0.5, 0.6) is 0 Å². The molecule has 2 aliphatic rings. The van der Waals surface area contributed by atoms with Gasteiger partial charge in [0.1, 0.15) is 6.54 Å². The van der Waals surface area contributed by atoms with Crippen molar-refractivity contribution in [3.05, 3.63) is 29.6 Å². The Morgan fingerprint density at radius 1 is 1.31 bits per heavy atom. The Balaban J connectivity index is 1.49. The van der Waals surface area contributed by atoms with Crippen molar-refractivity contribution >= 4 is 11.9 Å². The lowest BCUT2D eigenvalue weighted by atomic mass is 9.93. The minimum absolute atomic E-state index is 0.0254. The quantitative estimate of drug-likeness (QED) is 0.899. The molecule has 1 atom stereocenters. The largest absolute Gasteiger partial charge is 0.336 e. The molecule has 142 valence electrons. The molecule has 1 aromatic heterocycles. The lowest BCUT2D eigenvalue weighted by Crippen LogP contribution is -2.58. The monoisotopic (exact) mass is 358 g/mol. The second-order valence-corrected chi connectivity index (χ2v) is 7.62. The number of urea groups is 1. The van der Waals surface area contributed by atoms with E-state index in [1.54, 1.807) is 11.1 Å². The highest BCUT2D eigenvalue weighted by Gasteiger charge is 2.32. The number of nitrogens with one attached hydrogen (secondary N) is 1. The molecule has 1 aliphatic heterocycles. The first-order valence-corrected chi connectivity index (χ1v) is 9.80. The van der Waals surface area contributed by atoms with E-state index in [1.165, 1.54) is 19.3 Å². The fraction of sp³-hybridized carbons (Fsp3) is 0.650. The first-order chi connectivity index (χ1) is 12.5. The molecule has 1 aliphatic carbocycles. The molecule has 1 saturated carbocycles. The van der Waals surface area contributed by atoms with Crippen LogP contribution in [0.4, 0.5) is 4.79 Å². The van der Waals surface area contributed by atoms with Crippen LogP contribution in [0.15, 0.2) is 18.3 Å². The van der Waals surface area contributed by atoms with Crippen LogP contribution in [0, 0.1) is 6.92 Å². The SMILES string of the molecule is Cc1cccnc1C[C@H](C)NC(=O)N1CCN(C2CCCCC2)C(=O)C1. The number of nitrogens with zero attached hydrogens (tertiary/aromatic N) is 3. The van der Waals surface area contributed by atoms with E-state index >= 15 is 0 Å². The number of hydrogen-bond donors (Lipinski definition) is 1. The smallest absolute Gasteiger partial charge is 0.318 e. The summed E-state index contributed by atoms with van der Waals surface area (Å²) in [6.07, 6.45) is 8.39. The van der Waals surface area contributed by atoms with Crippen molar-refractivity contribution in [2.75, 3.05) is 19.6 Å². The van der Waals surface area contributed by atoms with Crippen LogP contribution in [-0.4, -0.2) is 58.4 Å². The van der Waals surface area contributed by atoms with Gasteiger partial charge < -0.3 is 15.1 Å². The van der Waals surface area contributed by atoms with E-state index in [4.69, 9.17) is 0 Å². The van der Waals surface area contributed by atoms with Crippen LogP contribution in [0.3, 0.4) is 0 Å². The minimum Gasteiger partial charge on any atom is -0.336 e. The summed E-state index contributed by atoms with van der Waals surface area (Å²) < 4.78 is 0. The van der Waals surface area contributed by atoms with Gasteiger partial charge in [-0.25, -0.2) is 4.79 Å². The van der Waals surface area contributed by atoms with Crippen LogP contribution >= 0.6 is 0 Å². The molecule has 2 heterocycles. The van der Waals surface area contributed by atoms with Gasteiger partial charge in [-0.05, 0) is 38.3 Å². The van der Waals surface area contributed by atoms with Gasteiger partial charge in [0.2, 0.25) is 5.91 Å². The number of hydrogen-bond acceptors (Lipinski definition) is 3. The predicted molar refractivity (Wildman–Crippen MR) is 101 cm³/mol. The van der Waals surface area contributed by atoms with E-state index < -0.39 is 0 Å². The Labute approximate surface area is 156 Å². The zero-order valence-corrected chi connectivity index (χ0v) is 15.9. The van der Waals surface area contributed by atoms with Crippen molar-refractivity contribution < 1.29 is 9.59 Å². The summed E-state index contributed by atoms with van der Waals surface area (Å²) in [6.45, 7) is 5.47. The molecule has 1 saturated heterocycles. The molecule has 3 amide bonds. The highest BCUT2D eigenvalue weighted by molar-refractivity contribution is 5.85. The number of carbonyl (C=O) groups is 2. The van der Waals surface area contributed by atoms with Crippen LogP contribution in [0.25, 0.3) is 0 Å². The van der Waals surface area contributed by atoms with Crippen molar-refractivity contribution in [3.8, 4) is 0 Å². The van der Waals surface area contributed by atoms with Crippen molar-refractivity contribution in [2.45, 2.75) is 64.5 Å². The molecule has 2 fully saturated rings. The van der Waals surface area contributed by atoms with Crippen molar-refractivity contribution in [1.29, 1.82) is 0 Å². The number of aryl methyl sites for hydroxylation is 1. The van der Waals surface area contributed by atoms with Gasteiger partial charge in [-0.2, -0.15) is 0 Å². The van der Waals surface area contributed by atoms with Crippen LogP contribution < -0.4 is 5.32 Å². The second-order valence-electron chi connectivity index (χ2n) is 7.62. The number of aromatic nitrogens is 1. The summed E-state index contributed by atoms with van der Waals surface area (Å²) in [6, 6.07) is 4.15. The Morgan fingerprint density at radius 2 is 2.08 bits per heavy atom. The minimum atomic E-state index is -0.150. The molecular weight excluding hydrogens is 328 g/mol. The fourth-order valence-corrected chi connectivity index (χ4v) is 4.01. The van der Waals surface area contributed by atoms with Gasteiger partial charge in [0.25, 0.3) is 0 Å². The number of piperazine rings is 1. The van der Waals surface area contributed by atoms with Gasteiger partial charge >= 0.3 is 6.03 Å². The fourth-order valence-electron chi connectivity index (χ4n) is 4.01. The number of rotatable bonds is 4. The Morgan fingerprint density at radius 3 is 2.77 bits per heavy atom. The Bertz CT molecular complexity index is 642. The van der Waals surface area contributed by atoms with Crippen molar-refractivity contribution in [2.24, 2.45) is 0 Å². The van der Waals surface area contributed by atoms with E-state index in [1.807, 2.05) is 30.9 Å². The van der Waals surface area contributed by atoms with Gasteiger partial charge in [0, 0.05) is 43.5 Å². The maximum atomic E-state index is 12.5. The molecule has 0 spiro atoms. The maximum Gasteiger partial charge on any atom is 0.318 e. The molecule has 1 aromatic rings. The first-order valence-electron chi connectivity index (χ1n) is 9.80. The van der Waals surface area contributed by atoms with Crippen LogP contribution in [-0.2, 0) is 11.2 Å². The highest BCUT2D eigenvalue weighted by atomic mass is 16.2. The zero-order valence-electron chi connectivity index (χ0n) is 15.9. The highest BCUT2D eigenvalue weighted by Crippen LogP contribution is 2.24. The summed E-state index contributed by atoms with van der Waals surface area (Å²) >= 11 is 0. The topological polar surface area (TPSA) is 65.5 Å². The van der Waals surface area contributed by atoms with E-state index in [-0.39, 0.29) is 24.5 Å². The number of pyridine rings is 1. The lowest BCUT2D eigenvalue weighted by Gasteiger charge is -2.40. The molecule has 26 heavy (non-hydrogen) atoms. The van der Waals surface area contributed by atoms with Crippen LogP contribution in [0.1, 0.15) is 50.3 Å². The predicted octanol–water partition coefficient (Wildman–Crippen LogP) is 2.51. The van der Waals surface area contributed by atoms with Crippen molar-refractivity contribution in [3.63, 3.8) is 0 Å². The van der Waals surface area contributed by atoms with Crippen LogP contribution in [0.2, 0.25) is 0 Å². The molecular formula is C20H30N4O2. The van der Waals surface area contributed by atoms with Gasteiger partial charge in [-0.15, -0.1) is 0 Å². The third-order valence-electron chi connectivity index (χ3n) is 5.55. The third kappa shape index (κ3) is 4.54. The molecule has 0 unspecified atom stereocenters. The summed E-state index contributed by atoms with van der Waals surface area (Å²) in [4.78, 5) is 33.1. The van der Waals surface area contributed by atoms with E-state index in [2.05, 4.69) is 10.3 Å². The third-order valence-corrected chi connectivity index (χ3v) is 5.55. The molecule has 0 aromatic carbocycles. The maximum absolute atomic E-state index is 12.5.